The van der Waals surface area contributed by atoms with Crippen LogP contribution in [0.4, 0.5) is 4.79 Å². The van der Waals surface area contributed by atoms with Crippen molar-refractivity contribution in [3.63, 3.8) is 0 Å². The van der Waals surface area contributed by atoms with Crippen LogP contribution in [0.5, 0.6) is 0 Å². The maximum atomic E-state index is 13.9. The van der Waals surface area contributed by atoms with Crippen LogP contribution in [0.2, 0.25) is 0 Å². The smallest absolute Gasteiger partial charge is 0.408 e. The van der Waals surface area contributed by atoms with Gasteiger partial charge in [-0.15, -0.1) is 0 Å². The summed E-state index contributed by atoms with van der Waals surface area (Å²) in [6.07, 6.45) is 4.37. The summed E-state index contributed by atoms with van der Waals surface area (Å²) < 4.78 is 5.38. The molecule has 0 heterocycles. The fraction of sp³-hybridized carbons (Fsp3) is 0.531. The maximum Gasteiger partial charge on any atom is 0.408 e. The van der Waals surface area contributed by atoms with E-state index in [4.69, 9.17) is 4.74 Å². The van der Waals surface area contributed by atoms with Crippen molar-refractivity contribution in [3.8, 4) is 0 Å². The number of hydrogen-bond donors (Lipinski definition) is 2. The summed E-state index contributed by atoms with van der Waals surface area (Å²) in [5, 5.41) is 5.72. The Morgan fingerprint density at radius 2 is 1.62 bits per heavy atom. The fourth-order valence-electron chi connectivity index (χ4n) is 4.51. The van der Waals surface area contributed by atoms with E-state index in [0.717, 1.165) is 54.4 Å². The zero-order chi connectivity index (χ0) is 29.0. The predicted molar refractivity (Wildman–Crippen MR) is 156 cm³/mol. The average Bonchev–Trinajstić information content (AvgIpc) is 2.86. The van der Waals surface area contributed by atoms with Crippen molar-refractivity contribution in [1.82, 2.24) is 15.5 Å². The van der Waals surface area contributed by atoms with Crippen LogP contribution in [0, 0.1) is 13.8 Å². The summed E-state index contributed by atoms with van der Waals surface area (Å²) in [7, 11) is 0. The fourth-order valence-corrected chi connectivity index (χ4v) is 4.51. The molecule has 0 aliphatic rings. The molecule has 2 aromatic carbocycles. The van der Waals surface area contributed by atoms with E-state index >= 15 is 0 Å². The lowest BCUT2D eigenvalue weighted by molar-refractivity contribution is -0.142. The highest BCUT2D eigenvalue weighted by Gasteiger charge is 2.35. The van der Waals surface area contributed by atoms with Gasteiger partial charge in [0.2, 0.25) is 11.8 Å². The molecule has 0 saturated carbocycles. The van der Waals surface area contributed by atoms with E-state index in [1.807, 2.05) is 62.4 Å². The summed E-state index contributed by atoms with van der Waals surface area (Å²) in [6.45, 7) is 13.8. The van der Waals surface area contributed by atoms with Crippen LogP contribution in [0.3, 0.4) is 0 Å². The maximum absolute atomic E-state index is 13.9. The molecule has 3 amide bonds. The molecular formula is C32H47N3O4. The Morgan fingerprint density at radius 3 is 2.23 bits per heavy atom. The number of ether oxygens (including phenoxy) is 1. The zero-order valence-corrected chi connectivity index (χ0v) is 24.8. The average molecular weight is 538 g/mol. The lowest BCUT2D eigenvalue weighted by atomic mass is 9.96. The van der Waals surface area contributed by atoms with Crippen LogP contribution in [0.1, 0.15) is 95.0 Å². The highest BCUT2D eigenvalue weighted by atomic mass is 16.6. The van der Waals surface area contributed by atoms with Gasteiger partial charge in [-0.1, -0.05) is 86.7 Å². The Labute approximate surface area is 234 Å². The van der Waals surface area contributed by atoms with E-state index in [9.17, 15) is 14.4 Å². The van der Waals surface area contributed by atoms with E-state index in [1.54, 1.807) is 32.6 Å². The van der Waals surface area contributed by atoms with Crippen molar-refractivity contribution in [2.24, 2.45) is 0 Å². The Bertz CT molecular complexity index is 1080. The van der Waals surface area contributed by atoms with E-state index in [1.165, 1.54) is 0 Å². The van der Waals surface area contributed by atoms with Crippen molar-refractivity contribution in [2.75, 3.05) is 6.54 Å². The molecule has 2 rings (SSSR count). The molecular weight excluding hydrogens is 490 g/mol. The van der Waals surface area contributed by atoms with E-state index in [0.29, 0.717) is 13.1 Å². The van der Waals surface area contributed by atoms with Crippen LogP contribution in [-0.2, 0) is 20.9 Å². The topological polar surface area (TPSA) is 87.7 Å². The molecule has 0 aliphatic carbocycles. The number of rotatable bonds is 13. The zero-order valence-electron chi connectivity index (χ0n) is 24.8. The monoisotopic (exact) mass is 537 g/mol. The highest BCUT2D eigenvalue weighted by Crippen LogP contribution is 2.27. The molecule has 2 N–H and O–H groups in total. The third-order valence-electron chi connectivity index (χ3n) is 6.48. The largest absolute Gasteiger partial charge is 0.444 e. The van der Waals surface area contributed by atoms with Crippen LogP contribution in [-0.4, -0.2) is 41.0 Å². The van der Waals surface area contributed by atoms with Gasteiger partial charge in [0.25, 0.3) is 0 Å². The van der Waals surface area contributed by atoms with Crippen LogP contribution in [0.25, 0.3) is 0 Å². The summed E-state index contributed by atoms with van der Waals surface area (Å²) in [4.78, 5) is 41.9. The Hall–Kier alpha value is -3.35. The number of carbonyl (C=O) groups excluding carboxylic acids is 3. The molecule has 2 aromatic rings. The Morgan fingerprint density at radius 1 is 0.949 bits per heavy atom. The van der Waals surface area contributed by atoms with Crippen LogP contribution < -0.4 is 10.6 Å². The van der Waals surface area contributed by atoms with Crippen LogP contribution in [0.15, 0.2) is 48.5 Å². The number of nitrogens with zero attached hydrogens (tertiary/aromatic N) is 1. The number of unbranched alkanes of at least 4 members (excludes halogenated alkanes) is 4. The minimum atomic E-state index is -0.870. The van der Waals surface area contributed by atoms with Gasteiger partial charge in [-0.05, 0) is 64.7 Å². The predicted octanol–water partition coefficient (Wildman–Crippen LogP) is 6.37. The van der Waals surface area contributed by atoms with Crippen molar-refractivity contribution in [3.05, 3.63) is 70.8 Å². The first-order valence-electron chi connectivity index (χ1n) is 14.1. The molecule has 0 aromatic heterocycles. The van der Waals surface area contributed by atoms with Crippen molar-refractivity contribution >= 4 is 17.9 Å². The molecule has 0 saturated heterocycles. The second kappa shape index (κ2) is 15.3. The number of hydrogen-bond acceptors (Lipinski definition) is 4. The first-order valence-corrected chi connectivity index (χ1v) is 14.1. The number of alkyl carbamates (subject to hydrolysis) is 1. The summed E-state index contributed by atoms with van der Waals surface area (Å²) >= 11 is 0. The lowest BCUT2D eigenvalue weighted by Crippen LogP contribution is -2.52. The van der Waals surface area contributed by atoms with Gasteiger partial charge >= 0.3 is 6.09 Å². The molecule has 39 heavy (non-hydrogen) atoms. The molecule has 2 unspecified atom stereocenters. The van der Waals surface area contributed by atoms with Gasteiger partial charge in [-0.25, -0.2) is 4.79 Å². The molecule has 2 atom stereocenters. The van der Waals surface area contributed by atoms with Crippen LogP contribution >= 0.6 is 0 Å². The van der Waals surface area contributed by atoms with E-state index in [-0.39, 0.29) is 11.8 Å². The summed E-state index contributed by atoms with van der Waals surface area (Å²) in [6, 6.07) is 13.9. The number of aryl methyl sites for hydroxylation is 2. The Balaban J connectivity index is 2.39. The normalized spacial score (nSPS) is 12.8. The van der Waals surface area contributed by atoms with Gasteiger partial charge in [-0.3, -0.25) is 9.59 Å². The van der Waals surface area contributed by atoms with Crippen molar-refractivity contribution < 1.29 is 19.1 Å². The van der Waals surface area contributed by atoms with Gasteiger partial charge in [0.15, 0.2) is 0 Å². The minimum Gasteiger partial charge on any atom is -0.444 e. The third kappa shape index (κ3) is 10.7. The van der Waals surface area contributed by atoms with E-state index in [2.05, 4.69) is 17.6 Å². The first-order chi connectivity index (χ1) is 18.4. The SMILES string of the molecule is CCCCCCCN(C(=O)C(C)NC(=O)OC(C)(C)C)C(C(=O)NCc1ccccc1)c1ccc(C)cc1C. The minimum absolute atomic E-state index is 0.253. The molecule has 0 aliphatic heterocycles. The van der Waals surface area contributed by atoms with Gasteiger partial charge in [0, 0.05) is 13.1 Å². The first kappa shape index (κ1) is 31.9. The van der Waals surface area contributed by atoms with Gasteiger partial charge < -0.3 is 20.3 Å². The van der Waals surface area contributed by atoms with Gasteiger partial charge in [0.1, 0.15) is 17.7 Å². The summed E-state index contributed by atoms with van der Waals surface area (Å²) in [5.41, 5.74) is 3.08. The molecule has 0 spiro atoms. The number of amides is 3. The summed E-state index contributed by atoms with van der Waals surface area (Å²) in [5.74, 6) is -0.576. The number of benzene rings is 2. The molecule has 7 heteroatoms. The number of nitrogens with one attached hydrogen (secondary N) is 2. The lowest BCUT2D eigenvalue weighted by Gasteiger charge is -2.34. The van der Waals surface area contributed by atoms with Crippen molar-refractivity contribution in [2.45, 2.75) is 105 Å². The molecule has 0 radical (unpaired) electrons. The number of carbonyl (C=O) groups is 3. The Kier molecular flexibility index (Phi) is 12.5. The highest BCUT2D eigenvalue weighted by molar-refractivity contribution is 5.92. The standard InChI is InChI=1S/C32H47N3O4/c1-8-9-10-11-15-20-35(30(37)25(4)34-31(38)39-32(5,6)7)28(27-19-18-23(2)21-24(27)3)29(36)33-22-26-16-13-12-14-17-26/h12-14,16-19,21,25,28H,8-11,15,20,22H2,1-7H3,(H,33,36)(H,34,38). The molecule has 0 fully saturated rings. The molecule has 214 valence electrons. The molecule has 7 nitrogen and oxygen atoms in total. The van der Waals surface area contributed by atoms with Gasteiger partial charge in [-0.2, -0.15) is 0 Å². The molecule has 0 bridgehead atoms. The second-order valence-corrected chi connectivity index (χ2v) is 11.3. The third-order valence-corrected chi connectivity index (χ3v) is 6.48. The second-order valence-electron chi connectivity index (χ2n) is 11.3. The van der Waals surface area contributed by atoms with Gasteiger partial charge in [0.05, 0.1) is 0 Å². The quantitative estimate of drug-likeness (QED) is 0.291. The van der Waals surface area contributed by atoms with E-state index < -0.39 is 23.8 Å². The van der Waals surface area contributed by atoms with Crippen molar-refractivity contribution in [1.29, 1.82) is 0 Å².